The summed E-state index contributed by atoms with van der Waals surface area (Å²) in [6, 6.07) is 5.98. The monoisotopic (exact) mass is 445 g/mol. The number of benzene rings is 1. The van der Waals surface area contributed by atoms with Gasteiger partial charge in [-0.3, -0.25) is 14.5 Å². The first-order valence-corrected chi connectivity index (χ1v) is 9.42. The molecule has 1 aliphatic rings. The van der Waals surface area contributed by atoms with E-state index in [1.807, 2.05) is 4.90 Å². The maximum atomic E-state index is 13.0. The van der Waals surface area contributed by atoms with E-state index in [1.165, 1.54) is 30.5 Å². The van der Waals surface area contributed by atoms with Crippen molar-refractivity contribution in [2.75, 3.05) is 42.9 Å². The molecule has 0 unspecified atom stereocenters. The summed E-state index contributed by atoms with van der Waals surface area (Å²) in [5, 5.41) is 6.06. The second-order valence-electron chi connectivity index (χ2n) is 6.98. The number of aromatic nitrogens is 2. The van der Waals surface area contributed by atoms with Crippen molar-refractivity contribution in [1.29, 1.82) is 0 Å². The fraction of sp³-hybridized carbons (Fsp3) is 0.421. The van der Waals surface area contributed by atoms with Crippen molar-refractivity contribution < 1.29 is 26.7 Å². The van der Waals surface area contributed by atoms with Crippen LogP contribution in [0, 0.1) is 0 Å². The summed E-state index contributed by atoms with van der Waals surface area (Å²) in [6.07, 6.45) is -5.93. The molecule has 1 N–H and O–H groups in total. The fourth-order valence-corrected chi connectivity index (χ4v) is 3.26. The lowest BCUT2D eigenvalue weighted by molar-refractivity contribution is -0.137. The molecule has 7 nitrogen and oxygen atoms in total. The number of nitrogens with one attached hydrogen (secondary N) is 1. The summed E-state index contributed by atoms with van der Waals surface area (Å²) in [5.41, 5.74) is -1.36. The van der Waals surface area contributed by atoms with Gasteiger partial charge in [0.2, 0.25) is 5.91 Å². The fourth-order valence-electron chi connectivity index (χ4n) is 3.26. The molecule has 1 aromatic heterocycles. The van der Waals surface area contributed by atoms with E-state index in [2.05, 4.69) is 10.4 Å². The predicted octanol–water partition coefficient (Wildman–Crippen LogP) is 2.29. The van der Waals surface area contributed by atoms with Crippen molar-refractivity contribution in [3.8, 4) is 0 Å². The Labute approximate surface area is 174 Å². The molecular weight excluding hydrogens is 425 g/mol. The van der Waals surface area contributed by atoms with Gasteiger partial charge in [-0.1, -0.05) is 12.1 Å². The molecule has 2 heterocycles. The Morgan fingerprint density at radius 1 is 1.13 bits per heavy atom. The highest BCUT2D eigenvalue weighted by Gasteiger charge is 2.33. The van der Waals surface area contributed by atoms with Gasteiger partial charge in [0.1, 0.15) is 6.54 Å². The molecule has 0 radical (unpaired) electrons. The average molecular weight is 445 g/mol. The predicted molar refractivity (Wildman–Crippen MR) is 103 cm³/mol. The van der Waals surface area contributed by atoms with Crippen LogP contribution >= 0.6 is 0 Å². The summed E-state index contributed by atoms with van der Waals surface area (Å²) in [4.78, 5) is 27.7. The third-order valence-electron chi connectivity index (χ3n) is 4.78. The van der Waals surface area contributed by atoms with Crippen LogP contribution in [0.2, 0.25) is 0 Å². The Bertz CT molecular complexity index is 971. The van der Waals surface area contributed by atoms with Crippen molar-refractivity contribution in [2.24, 2.45) is 0 Å². The summed E-state index contributed by atoms with van der Waals surface area (Å²) < 4.78 is 64.7. The van der Waals surface area contributed by atoms with E-state index in [-0.39, 0.29) is 12.2 Å². The smallest absolute Gasteiger partial charge is 0.368 e. The molecule has 1 aromatic carbocycles. The van der Waals surface area contributed by atoms with Crippen LogP contribution in [0.4, 0.5) is 33.3 Å². The van der Waals surface area contributed by atoms with E-state index in [0.717, 1.165) is 6.07 Å². The lowest BCUT2D eigenvalue weighted by Crippen LogP contribution is -2.49. The number of hydrogen-bond donors (Lipinski definition) is 1. The van der Waals surface area contributed by atoms with Crippen LogP contribution in [0.3, 0.4) is 0 Å². The number of hydrogen-bond acceptors (Lipinski definition) is 5. The molecular formula is C19H20F5N5O2. The van der Waals surface area contributed by atoms with Gasteiger partial charge in [0, 0.05) is 32.2 Å². The number of anilines is 2. The Kier molecular flexibility index (Phi) is 6.88. The van der Waals surface area contributed by atoms with Crippen molar-refractivity contribution in [1.82, 2.24) is 14.7 Å². The van der Waals surface area contributed by atoms with E-state index in [4.69, 9.17) is 0 Å². The number of rotatable bonds is 6. The van der Waals surface area contributed by atoms with E-state index in [0.29, 0.717) is 36.5 Å². The van der Waals surface area contributed by atoms with Crippen molar-refractivity contribution in [3.05, 3.63) is 52.4 Å². The quantitative estimate of drug-likeness (QED) is 0.691. The Morgan fingerprint density at radius 3 is 2.42 bits per heavy atom. The zero-order chi connectivity index (χ0) is 22.6. The minimum absolute atomic E-state index is 0.0890. The third-order valence-corrected chi connectivity index (χ3v) is 4.78. The summed E-state index contributed by atoms with van der Waals surface area (Å²) >= 11 is 0. The molecule has 168 valence electrons. The van der Waals surface area contributed by atoms with Gasteiger partial charge in [-0.2, -0.15) is 18.3 Å². The molecule has 0 atom stereocenters. The highest BCUT2D eigenvalue weighted by Crippen LogP contribution is 2.34. The Morgan fingerprint density at radius 2 is 1.81 bits per heavy atom. The van der Waals surface area contributed by atoms with Crippen LogP contribution in [0.15, 0.2) is 41.3 Å². The van der Waals surface area contributed by atoms with Gasteiger partial charge in [0.25, 0.3) is 12.0 Å². The number of carbonyl (C=O) groups excluding carboxylic acids is 1. The van der Waals surface area contributed by atoms with Gasteiger partial charge in [0.15, 0.2) is 0 Å². The maximum Gasteiger partial charge on any atom is 0.418 e. The van der Waals surface area contributed by atoms with Crippen LogP contribution in [0.5, 0.6) is 0 Å². The molecule has 3 rings (SSSR count). The first kappa shape index (κ1) is 22.7. The van der Waals surface area contributed by atoms with Gasteiger partial charge in [0.05, 0.1) is 29.7 Å². The Balaban J connectivity index is 1.54. The van der Waals surface area contributed by atoms with Crippen molar-refractivity contribution in [2.45, 2.75) is 19.1 Å². The number of alkyl halides is 5. The summed E-state index contributed by atoms with van der Waals surface area (Å²) in [7, 11) is 0. The van der Waals surface area contributed by atoms with Crippen LogP contribution in [0.25, 0.3) is 0 Å². The van der Waals surface area contributed by atoms with E-state index in [1.54, 1.807) is 4.90 Å². The SMILES string of the molecule is O=C(CN1CCN(c2cnn(CC(F)F)c(=O)c2)CC1)Nc1ccccc1C(F)(F)F. The lowest BCUT2D eigenvalue weighted by Gasteiger charge is -2.35. The minimum atomic E-state index is -4.58. The van der Waals surface area contributed by atoms with Gasteiger partial charge >= 0.3 is 6.18 Å². The topological polar surface area (TPSA) is 70.5 Å². The minimum Gasteiger partial charge on any atom is -0.368 e. The van der Waals surface area contributed by atoms with E-state index < -0.39 is 36.2 Å². The second kappa shape index (κ2) is 9.41. The Hall–Kier alpha value is -3.02. The lowest BCUT2D eigenvalue weighted by atomic mass is 10.1. The first-order chi connectivity index (χ1) is 14.6. The van der Waals surface area contributed by atoms with Gasteiger partial charge < -0.3 is 10.2 Å². The molecule has 2 aromatic rings. The largest absolute Gasteiger partial charge is 0.418 e. The molecule has 1 fully saturated rings. The van der Waals surface area contributed by atoms with Crippen molar-refractivity contribution in [3.63, 3.8) is 0 Å². The molecule has 0 bridgehead atoms. The van der Waals surface area contributed by atoms with Crippen LogP contribution in [-0.4, -0.2) is 59.7 Å². The zero-order valence-electron chi connectivity index (χ0n) is 16.3. The highest BCUT2D eigenvalue weighted by molar-refractivity contribution is 5.93. The number of nitrogens with zero attached hydrogens (tertiary/aromatic N) is 4. The average Bonchev–Trinajstić information content (AvgIpc) is 2.69. The maximum absolute atomic E-state index is 13.0. The molecule has 0 spiro atoms. The first-order valence-electron chi connectivity index (χ1n) is 9.42. The van der Waals surface area contributed by atoms with Gasteiger partial charge in [-0.25, -0.2) is 13.5 Å². The number of amides is 1. The summed E-state index contributed by atoms with van der Waals surface area (Å²) in [6.45, 7) is 0.857. The molecule has 1 amide bonds. The van der Waals surface area contributed by atoms with Gasteiger partial charge in [-0.05, 0) is 12.1 Å². The standard InChI is InChI=1S/C19H20F5N5O2/c20-16(21)11-29-18(31)9-13(10-25-29)28-7-5-27(6-8-28)12-17(30)26-15-4-2-1-3-14(15)19(22,23)24/h1-4,9-10,16H,5-8,11-12H2,(H,26,30). The third kappa shape index (κ3) is 6.00. The normalized spacial score (nSPS) is 15.4. The van der Waals surface area contributed by atoms with Crippen LogP contribution in [0.1, 0.15) is 5.56 Å². The van der Waals surface area contributed by atoms with Crippen molar-refractivity contribution >= 4 is 17.3 Å². The second-order valence-corrected chi connectivity index (χ2v) is 6.98. The molecule has 1 aliphatic heterocycles. The number of piperazine rings is 1. The molecule has 0 saturated carbocycles. The molecule has 0 aliphatic carbocycles. The van der Waals surface area contributed by atoms with E-state index >= 15 is 0 Å². The highest BCUT2D eigenvalue weighted by atomic mass is 19.4. The molecule has 12 heteroatoms. The number of halogens is 5. The van der Waals surface area contributed by atoms with Crippen LogP contribution < -0.4 is 15.8 Å². The van der Waals surface area contributed by atoms with E-state index in [9.17, 15) is 31.5 Å². The van der Waals surface area contributed by atoms with Crippen LogP contribution in [-0.2, 0) is 17.5 Å². The molecule has 1 saturated heterocycles. The zero-order valence-corrected chi connectivity index (χ0v) is 16.3. The molecule has 31 heavy (non-hydrogen) atoms. The van der Waals surface area contributed by atoms with Gasteiger partial charge in [-0.15, -0.1) is 0 Å². The summed E-state index contributed by atoms with van der Waals surface area (Å²) in [5.74, 6) is -0.568. The number of para-hydroxylation sites is 1. The number of carbonyl (C=O) groups is 1.